The highest BCUT2D eigenvalue weighted by atomic mass is 16.2. The second-order valence-corrected chi connectivity index (χ2v) is 7.62. The fourth-order valence-corrected chi connectivity index (χ4v) is 4.37. The largest absolute Gasteiger partial charge is 0.369 e. The van der Waals surface area contributed by atoms with Gasteiger partial charge in [-0.05, 0) is 44.4 Å². The molecule has 0 aliphatic carbocycles. The summed E-state index contributed by atoms with van der Waals surface area (Å²) in [4.78, 5) is 28.1. The van der Waals surface area contributed by atoms with Crippen molar-refractivity contribution >= 4 is 22.8 Å². The van der Waals surface area contributed by atoms with E-state index >= 15 is 0 Å². The molecule has 1 aromatic heterocycles. The Morgan fingerprint density at radius 1 is 1.11 bits per heavy atom. The molecule has 2 fully saturated rings. The highest BCUT2D eigenvalue weighted by molar-refractivity contribution is 5.80. The predicted molar refractivity (Wildman–Crippen MR) is 101 cm³/mol. The molecule has 4 rings (SSSR count). The summed E-state index contributed by atoms with van der Waals surface area (Å²) in [5, 5.41) is 8.57. The Kier molecular flexibility index (Phi) is 5.07. The number of carbonyl (C=O) groups excluding carboxylic acids is 2. The Labute approximate surface area is 158 Å². The van der Waals surface area contributed by atoms with Crippen LogP contribution in [0, 0.1) is 5.92 Å². The van der Waals surface area contributed by atoms with E-state index < -0.39 is 0 Å². The highest BCUT2D eigenvalue weighted by Crippen LogP contribution is 2.27. The zero-order valence-electron chi connectivity index (χ0n) is 15.5. The second-order valence-electron chi connectivity index (χ2n) is 7.62. The Morgan fingerprint density at radius 2 is 1.89 bits per heavy atom. The molecular formula is C19H26N6O2. The van der Waals surface area contributed by atoms with Crippen molar-refractivity contribution in [3.05, 3.63) is 24.3 Å². The molecule has 2 aliphatic rings. The van der Waals surface area contributed by atoms with Crippen molar-refractivity contribution < 1.29 is 9.59 Å². The monoisotopic (exact) mass is 370 g/mol. The molecule has 2 N–H and O–H groups in total. The molecule has 0 bridgehead atoms. The van der Waals surface area contributed by atoms with Crippen molar-refractivity contribution in [2.75, 3.05) is 32.7 Å². The summed E-state index contributed by atoms with van der Waals surface area (Å²) < 4.78 is 2.01. The quantitative estimate of drug-likeness (QED) is 0.858. The van der Waals surface area contributed by atoms with Crippen LogP contribution in [0.2, 0.25) is 0 Å². The maximum absolute atomic E-state index is 12.9. The minimum Gasteiger partial charge on any atom is -0.369 e. The number of piperidine rings is 2. The summed E-state index contributed by atoms with van der Waals surface area (Å²) >= 11 is 0. The third-order valence-electron chi connectivity index (χ3n) is 5.73. The topological polar surface area (TPSA) is 97.3 Å². The molecule has 1 atom stereocenters. The van der Waals surface area contributed by atoms with Gasteiger partial charge < -0.3 is 10.6 Å². The van der Waals surface area contributed by atoms with Gasteiger partial charge in [0.05, 0.1) is 24.0 Å². The summed E-state index contributed by atoms with van der Waals surface area (Å²) in [6, 6.07) is 8.26. The van der Waals surface area contributed by atoms with Gasteiger partial charge in [0.2, 0.25) is 11.8 Å². The number of nitrogens with zero attached hydrogens (tertiary/aromatic N) is 5. The number of amides is 2. The van der Waals surface area contributed by atoms with Gasteiger partial charge in [-0.3, -0.25) is 14.5 Å². The van der Waals surface area contributed by atoms with Crippen LogP contribution in [-0.2, 0) is 9.59 Å². The molecule has 2 aliphatic heterocycles. The normalized spacial score (nSPS) is 22.2. The third-order valence-corrected chi connectivity index (χ3v) is 5.73. The van der Waals surface area contributed by atoms with Crippen LogP contribution in [-0.4, -0.2) is 69.3 Å². The number of fused-ring (bicyclic) bond motifs is 1. The van der Waals surface area contributed by atoms with Gasteiger partial charge in [0, 0.05) is 19.6 Å². The number of rotatable bonds is 4. The number of nitrogens with two attached hydrogens (primary N) is 1. The maximum atomic E-state index is 12.9. The number of benzene rings is 1. The number of primary amides is 1. The van der Waals surface area contributed by atoms with Crippen LogP contribution in [0.15, 0.2) is 24.3 Å². The first-order valence-corrected chi connectivity index (χ1v) is 9.71. The average molecular weight is 370 g/mol. The standard InChI is InChI=1S/C19H26N6O2/c20-18(26)13-23-9-3-4-14(12-23)19(27)24-10-7-15(8-11-24)25-17-6-2-1-5-16(17)21-22-25/h1-2,5-6,14-15H,3-4,7-13H2,(H2,20,26)/t14-/m1/s1. The molecule has 1 aromatic carbocycles. The van der Waals surface area contributed by atoms with Crippen molar-refractivity contribution in [1.82, 2.24) is 24.8 Å². The van der Waals surface area contributed by atoms with E-state index in [1.165, 1.54) is 0 Å². The summed E-state index contributed by atoms with van der Waals surface area (Å²) in [5.41, 5.74) is 7.26. The molecule has 3 heterocycles. The first-order valence-electron chi connectivity index (χ1n) is 9.71. The first kappa shape index (κ1) is 17.9. The van der Waals surface area contributed by atoms with Gasteiger partial charge >= 0.3 is 0 Å². The van der Waals surface area contributed by atoms with Crippen molar-refractivity contribution in [3.63, 3.8) is 0 Å². The number of hydrogen-bond acceptors (Lipinski definition) is 5. The molecule has 2 saturated heterocycles. The van der Waals surface area contributed by atoms with Gasteiger partial charge in [-0.25, -0.2) is 4.68 Å². The Bertz CT molecular complexity index is 826. The molecule has 0 spiro atoms. The molecule has 27 heavy (non-hydrogen) atoms. The van der Waals surface area contributed by atoms with Crippen LogP contribution in [0.3, 0.4) is 0 Å². The molecule has 2 aromatic rings. The minimum absolute atomic E-state index is 0.0261. The average Bonchev–Trinajstić information content (AvgIpc) is 3.11. The van der Waals surface area contributed by atoms with E-state index in [-0.39, 0.29) is 30.3 Å². The molecule has 0 radical (unpaired) electrons. The summed E-state index contributed by atoms with van der Waals surface area (Å²) in [5.74, 6) is -0.142. The predicted octanol–water partition coefficient (Wildman–Crippen LogP) is 0.792. The van der Waals surface area contributed by atoms with Gasteiger partial charge in [-0.15, -0.1) is 5.10 Å². The lowest BCUT2D eigenvalue weighted by molar-refractivity contribution is -0.139. The minimum atomic E-state index is -0.330. The number of likely N-dealkylation sites (tertiary alicyclic amines) is 2. The highest BCUT2D eigenvalue weighted by Gasteiger charge is 2.32. The third kappa shape index (κ3) is 3.80. The Balaban J connectivity index is 1.36. The summed E-state index contributed by atoms with van der Waals surface area (Å²) in [6.07, 6.45) is 3.60. The van der Waals surface area contributed by atoms with Gasteiger partial charge in [0.1, 0.15) is 5.52 Å². The first-order chi connectivity index (χ1) is 13.1. The zero-order valence-corrected chi connectivity index (χ0v) is 15.5. The van der Waals surface area contributed by atoms with Gasteiger partial charge in [0.25, 0.3) is 0 Å². The number of carbonyl (C=O) groups is 2. The molecular weight excluding hydrogens is 344 g/mol. The van der Waals surface area contributed by atoms with Crippen LogP contribution in [0.25, 0.3) is 11.0 Å². The van der Waals surface area contributed by atoms with Crippen LogP contribution in [0.5, 0.6) is 0 Å². The molecule has 8 heteroatoms. The lowest BCUT2D eigenvalue weighted by Crippen LogP contribution is -2.48. The van der Waals surface area contributed by atoms with E-state index in [0.717, 1.165) is 56.4 Å². The lowest BCUT2D eigenvalue weighted by Gasteiger charge is -2.37. The van der Waals surface area contributed by atoms with Crippen LogP contribution >= 0.6 is 0 Å². The Hall–Kier alpha value is -2.48. The van der Waals surface area contributed by atoms with Crippen molar-refractivity contribution in [3.8, 4) is 0 Å². The van der Waals surface area contributed by atoms with Crippen LogP contribution < -0.4 is 5.73 Å². The van der Waals surface area contributed by atoms with E-state index in [1.54, 1.807) is 0 Å². The fraction of sp³-hybridized carbons (Fsp3) is 0.579. The second kappa shape index (κ2) is 7.64. The molecule has 2 amide bonds. The van der Waals surface area contributed by atoms with E-state index in [4.69, 9.17) is 5.73 Å². The SMILES string of the molecule is NC(=O)CN1CCC[C@@H](C(=O)N2CCC(n3nnc4ccccc43)CC2)C1. The molecule has 144 valence electrons. The summed E-state index contributed by atoms with van der Waals surface area (Å²) in [6.45, 7) is 3.20. The van der Waals surface area contributed by atoms with E-state index in [2.05, 4.69) is 10.3 Å². The Morgan fingerprint density at radius 3 is 2.67 bits per heavy atom. The van der Waals surface area contributed by atoms with Crippen LogP contribution in [0.1, 0.15) is 31.7 Å². The zero-order chi connectivity index (χ0) is 18.8. The van der Waals surface area contributed by atoms with Gasteiger partial charge in [-0.2, -0.15) is 0 Å². The fourth-order valence-electron chi connectivity index (χ4n) is 4.37. The van der Waals surface area contributed by atoms with E-state index in [0.29, 0.717) is 6.54 Å². The van der Waals surface area contributed by atoms with E-state index in [9.17, 15) is 9.59 Å². The lowest BCUT2D eigenvalue weighted by atomic mass is 9.95. The molecule has 0 unspecified atom stereocenters. The molecule has 0 saturated carbocycles. The smallest absolute Gasteiger partial charge is 0.231 e. The van der Waals surface area contributed by atoms with Gasteiger partial charge in [-0.1, -0.05) is 17.3 Å². The molecule has 8 nitrogen and oxygen atoms in total. The number of aromatic nitrogens is 3. The van der Waals surface area contributed by atoms with Crippen molar-refractivity contribution in [1.29, 1.82) is 0 Å². The van der Waals surface area contributed by atoms with Crippen LogP contribution in [0.4, 0.5) is 0 Å². The van der Waals surface area contributed by atoms with Gasteiger partial charge in [0.15, 0.2) is 0 Å². The summed E-state index contributed by atoms with van der Waals surface area (Å²) in [7, 11) is 0. The van der Waals surface area contributed by atoms with Crippen molar-refractivity contribution in [2.24, 2.45) is 11.7 Å². The van der Waals surface area contributed by atoms with Crippen molar-refractivity contribution in [2.45, 2.75) is 31.7 Å². The number of hydrogen-bond donors (Lipinski definition) is 1. The number of para-hydroxylation sites is 1. The van der Waals surface area contributed by atoms with E-state index in [1.807, 2.05) is 38.7 Å². The maximum Gasteiger partial charge on any atom is 0.231 e.